The lowest BCUT2D eigenvalue weighted by atomic mass is 9.62. The van der Waals surface area contributed by atoms with Gasteiger partial charge in [0.05, 0.1) is 0 Å². The topological polar surface area (TPSA) is 134 Å². The Kier molecular flexibility index (Phi) is 5.51. The minimum Gasteiger partial charge on any atom is -0.404 e. The molecule has 5 aromatic rings. The summed E-state index contributed by atoms with van der Waals surface area (Å²) >= 11 is 0. The van der Waals surface area contributed by atoms with E-state index >= 15 is 0 Å². The smallest absolute Gasteiger partial charge is 0.404 e. The standard InChI is InChI=1S/C43H34O8P2/c44-52(45,46)50-42-38-34-16-35(31-13-27-23-10-9-22(26(27)12-30(31)34)18-5-1-2-6-19(18)23)39(38)43(51-53(47,48)49)41-37-17-36(40(41)42)32-14-28-24-11-25(29(28)15-33(32)37)21-8-4-3-7-20(21)24/h1-8,12-15,22-25,34-37H,9-11,16-17H2,(H2,44,45,46)(H2,47,48,49)/t22-,23?,24+,25?,34-,35?,36+,37?/m1/s1. The predicted molar refractivity (Wildman–Crippen MR) is 195 cm³/mol. The second-order valence-electron chi connectivity index (χ2n) is 16.7. The maximum absolute atomic E-state index is 12.9. The summed E-state index contributed by atoms with van der Waals surface area (Å²) < 4.78 is 37.4. The molecule has 0 saturated carbocycles. The van der Waals surface area contributed by atoms with Gasteiger partial charge in [0.25, 0.3) is 0 Å². The predicted octanol–water partition coefficient (Wildman–Crippen LogP) is 8.94. The van der Waals surface area contributed by atoms with Crippen molar-refractivity contribution in [3.8, 4) is 11.5 Å². The first-order valence-corrected chi connectivity index (χ1v) is 21.8. The summed E-state index contributed by atoms with van der Waals surface area (Å²) in [6.07, 6.45) is 4.46. The van der Waals surface area contributed by atoms with E-state index in [1.807, 2.05) is 0 Å². The molecule has 0 fully saturated rings. The molecule has 8 bridgehead atoms. The first-order chi connectivity index (χ1) is 25.5. The number of fused-ring (bicyclic) bond motifs is 25. The maximum atomic E-state index is 12.9. The van der Waals surface area contributed by atoms with E-state index in [0.717, 1.165) is 41.5 Å². The minimum atomic E-state index is -5.04. The zero-order valence-corrected chi connectivity index (χ0v) is 30.2. The van der Waals surface area contributed by atoms with Gasteiger partial charge in [0, 0.05) is 69.6 Å². The molecule has 8 nitrogen and oxygen atoms in total. The van der Waals surface area contributed by atoms with Crippen molar-refractivity contribution in [3.05, 3.63) is 162 Å². The molecule has 10 heteroatoms. The molecule has 9 aliphatic carbocycles. The van der Waals surface area contributed by atoms with Gasteiger partial charge in [-0.25, -0.2) is 9.13 Å². The molecule has 4 N–H and O–H groups in total. The zero-order chi connectivity index (χ0) is 35.4. The van der Waals surface area contributed by atoms with E-state index in [1.54, 1.807) is 0 Å². The summed E-state index contributed by atoms with van der Waals surface area (Å²) in [5.74, 6) is 0.617. The molecule has 0 spiro atoms. The van der Waals surface area contributed by atoms with Crippen LogP contribution < -0.4 is 9.05 Å². The molecule has 0 amide bonds. The van der Waals surface area contributed by atoms with E-state index in [2.05, 4.69) is 72.8 Å². The molecule has 4 unspecified atom stereocenters. The van der Waals surface area contributed by atoms with Crippen molar-refractivity contribution in [2.75, 3.05) is 0 Å². The molecule has 0 heterocycles. The average Bonchev–Trinajstić information content (AvgIpc) is 3.98. The van der Waals surface area contributed by atoms with Crippen LogP contribution in [-0.2, 0) is 9.13 Å². The van der Waals surface area contributed by atoms with Crippen LogP contribution in [0, 0.1) is 0 Å². The van der Waals surface area contributed by atoms with Crippen LogP contribution in [0.3, 0.4) is 0 Å². The van der Waals surface area contributed by atoms with Crippen LogP contribution in [0.4, 0.5) is 0 Å². The number of benzene rings is 5. The van der Waals surface area contributed by atoms with Crippen molar-refractivity contribution in [3.63, 3.8) is 0 Å². The van der Waals surface area contributed by atoms with E-state index in [1.165, 1.54) is 44.5 Å². The van der Waals surface area contributed by atoms with Gasteiger partial charge in [0.1, 0.15) is 11.5 Å². The summed E-state index contributed by atoms with van der Waals surface area (Å²) in [5, 5.41) is 0. The molecule has 53 heavy (non-hydrogen) atoms. The molecule has 9 aliphatic rings. The lowest BCUT2D eigenvalue weighted by Crippen LogP contribution is -2.25. The van der Waals surface area contributed by atoms with Crippen LogP contribution in [0.2, 0.25) is 0 Å². The Hall–Kier alpha value is -4.00. The van der Waals surface area contributed by atoms with Gasteiger partial charge >= 0.3 is 15.6 Å². The van der Waals surface area contributed by atoms with Crippen LogP contribution in [-0.4, -0.2) is 19.6 Å². The normalized spacial score (nSPS) is 28.9. The van der Waals surface area contributed by atoms with E-state index < -0.39 is 15.6 Å². The molecule has 0 aromatic heterocycles. The zero-order valence-electron chi connectivity index (χ0n) is 28.4. The van der Waals surface area contributed by atoms with Gasteiger partial charge in [-0.1, -0.05) is 72.8 Å². The van der Waals surface area contributed by atoms with Gasteiger partial charge in [0.2, 0.25) is 0 Å². The number of phosphoric ester groups is 2. The highest BCUT2D eigenvalue weighted by Crippen LogP contribution is 2.72. The average molecular weight is 741 g/mol. The highest BCUT2D eigenvalue weighted by Gasteiger charge is 2.56. The van der Waals surface area contributed by atoms with Gasteiger partial charge in [-0.15, -0.1) is 0 Å². The summed E-state index contributed by atoms with van der Waals surface area (Å²) in [7, 11) is -10.1. The second kappa shape index (κ2) is 9.62. The van der Waals surface area contributed by atoms with Crippen LogP contribution in [0.25, 0.3) is 0 Å². The number of hydrogen-bond acceptors (Lipinski definition) is 4. The Bertz CT molecular complexity index is 2510. The fraction of sp³-hybridized carbons (Fsp3) is 0.302. The summed E-state index contributed by atoms with van der Waals surface area (Å²) in [6.45, 7) is 0. The van der Waals surface area contributed by atoms with Crippen molar-refractivity contribution in [1.82, 2.24) is 0 Å². The van der Waals surface area contributed by atoms with Crippen LogP contribution in [0.15, 0.2) is 72.8 Å². The Morgan fingerprint density at radius 2 is 0.660 bits per heavy atom. The van der Waals surface area contributed by atoms with Crippen molar-refractivity contribution in [1.29, 1.82) is 0 Å². The molecular formula is C43H34O8P2. The van der Waals surface area contributed by atoms with Gasteiger partial charge < -0.3 is 9.05 Å². The molecule has 0 saturated heterocycles. The molecule has 0 aliphatic heterocycles. The van der Waals surface area contributed by atoms with Crippen LogP contribution in [0.1, 0.15) is 168 Å². The fourth-order valence-electron chi connectivity index (χ4n) is 13.1. The third-order valence-electron chi connectivity index (χ3n) is 14.6. The van der Waals surface area contributed by atoms with E-state index in [4.69, 9.17) is 9.05 Å². The Labute approximate surface area is 305 Å². The first kappa shape index (κ1) is 30.3. The van der Waals surface area contributed by atoms with Crippen molar-refractivity contribution >= 4 is 15.6 Å². The van der Waals surface area contributed by atoms with E-state index in [9.17, 15) is 28.7 Å². The molecule has 5 aromatic carbocycles. The SMILES string of the molecule is O=P(O)(O)Oc1c2c(c(OP(=O)(O)O)c3c1C1C[C@H]3c3cc4c(cc31)C1C[C@H]4c3ccccc31)[C@@H]1CC2c2cc3c(cc21)[C@@H]1CCC3c2ccccc21. The first-order valence-electron chi connectivity index (χ1n) is 18.8. The molecule has 14 rings (SSSR count). The second-order valence-corrected chi connectivity index (χ2v) is 19.0. The Morgan fingerprint density at radius 3 is 0.981 bits per heavy atom. The van der Waals surface area contributed by atoms with Gasteiger partial charge in [-0.05, 0) is 98.9 Å². The van der Waals surface area contributed by atoms with Gasteiger partial charge in [-0.3, -0.25) is 19.6 Å². The van der Waals surface area contributed by atoms with Crippen molar-refractivity contribution in [2.24, 2.45) is 0 Å². The molecule has 8 atom stereocenters. The largest absolute Gasteiger partial charge is 0.524 e. The maximum Gasteiger partial charge on any atom is 0.524 e. The summed E-state index contributed by atoms with van der Waals surface area (Å²) in [4.78, 5) is 41.9. The quantitative estimate of drug-likeness (QED) is 0.134. The molecule has 264 valence electrons. The number of hydrogen-bond donors (Lipinski definition) is 4. The Morgan fingerprint density at radius 1 is 0.396 bits per heavy atom. The van der Waals surface area contributed by atoms with Crippen molar-refractivity contribution in [2.45, 2.75) is 79.4 Å². The van der Waals surface area contributed by atoms with Crippen molar-refractivity contribution < 1.29 is 37.8 Å². The van der Waals surface area contributed by atoms with E-state index in [-0.39, 0.29) is 35.2 Å². The summed E-state index contributed by atoms with van der Waals surface area (Å²) in [5.41, 5.74) is 17.8. The monoisotopic (exact) mass is 740 g/mol. The third-order valence-corrected chi connectivity index (χ3v) is 15.4. The third kappa shape index (κ3) is 3.73. The summed E-state index contributed by atoms with van der Waals surface area (Å²) in [6, 6.07) is 26.7. The minimum absolute atomic E-state index is 0.189. The Balaban J connectivity index is 1.03. The van der Waals surface area contributed by atoms with E-state index in [0.29, 0.717) is 58.8 Å². The lowest BCUT2D eigenvalue weighted by Gasteiger charge is -2.41. The van der Waals surface area contributed by atoms with Gasteiger partial charge in [-0.2, -0.15) is 0 Å². The highest BCUT2D eigenvalue weighted by molar-refractivity contribution is 7.47. The highest BCUT2D eigenvalue weighted by atomic mass is 31.2. The lowest BCUT2D eigenvalue weighted by molar-refractivity contribution is 0.275. The molecule has 0 radical (unpaired) electrons. The number of phosphoric acid groups is 2. The van der Waals surface area contributed by atoms with Crippen LogP contribution >= 0.6 is 15.6 Å². The van der Waals surface area contributed by atoms with Crippen LogP contribution in [0.5, 0.6) is 11.5 Å². The molecular weight excluding hydrogens is 706 g/mol. The fourth-order valence-corrected chi connectivity index (χ4v) is 14.0. The number of rotatable bonds is 4. The van der Waals surface area contributed by atoms with Gasteiger partial charge in [0.15, 0.2) is 0 Å².